The molecule has 90 valence electrons. The van der Waals surface area contributed by atoms with Crippen molar-refractivity contribution in [2.45, 2.75) is 6.92 Å². The summed E-state index contributed by atoms with van der Waals surface area (Å²) in [4.78, 5) is 10.8. The second-order valence-corrected chi connectivity index (χ2v) is 4.42. The Balaban J connectivity index is 2.27. The van der Waals surface area contributed by atoms with Gasteiger partial charge in [-0.1, -0.05) is 12.1 Å². The number of rotatable bonds is 4. The Labute approximate surface area is 102 Å². The van der Waals surface area contributed by atoms with E-state index >= 15 is 0 Å². The van der Waals surface area contributed by atoms with Crippen LogP contribution in [0, 0.1) is 6.92 Å². The summed E-state index contributed by atoms with van der Waals surface area (Å²) < 4.78 is 0. The summed E-state index contributed by atoms with van der Waals surface area (Å²) in [5.41, 5.74) is 2.20. The van der Waals surface area contributed by atoms with Gasteiger partial charge in [-0.3, -0.25) is 0 Å². The lowest BCUT2D eigenvalue weighted by Crippen LogP contribution is -2.21. The number of aryl methyl sites for hydroxylation is 1. The molecular formula is C13H18N4. The summed E-state index contributed by atoms with van der Waals surface area (Å²) in [6, 6.07) is 6.12. The Kier molecular flexibility index (Phi) is 3.54. The molecule has 17 heavy (non-hydrogen) atoms. The van der Waals surface area contributed by atoms with Crippen molar-refractivity contribution in [3.05, 3.63) is 30.1 Å². The van der Waals surface area contributed by atoms with Crippen LogP contribution in [0.15, 0.2) is 24.5 Å². The SMILES string of the molecule is Cc1cccc2ncnc(NCCN(C)C)c12. The largest absolute Gasteiger partial charge is 0.368 e. The molecule has 4 nitrogen and oxygen atoms in total. The third kappa shape index (κ3) is 2.71. The van der Waals surface area contributed by atoms with Crippen molar-refractivity contribution in [2.24, 2.45) is 0 Å². The van der Waals surface area contributed by atoms with Crippen LogP contribution in [0.3, 0.4) is 0 Å². The molecule has 0 radical (unpaired) electrons. The van der Waals surface area contributed by atoms with E-state index in [2.05, 4.69) is 47.3 Å². The van der Waals surface area contributed by atoms with Crippen LogP contribution in [-0.2, 0) is 0 Å². The van der Waals surface area contributed by atoms with Gasteiger partial charge in [-0.25, -0.2) is 9.97 Å². The fraction of sp³-hybridized carbons (Fsp3) is 0.385. The van der Waals surface area contributed by atoms with Gasteiger partial charge in [0.05, 0.1) is 5.52 Å². The smallest absolute Gasteiger partial charge is 0.137 e. The maximum absolute atomic E-state index is 4.32. The number of likely N-dealkylation sites (N-methyl/N-ethyl adjacent to an activating group) is 1. The van der Waals surface area contributed by atoms with Gasteiger partial charge in [-0.2, -0.15) is 0 Å². The number of benzene rings is 1. The van der Waals surface area contributed by atoms with Crippen molar-refractivity contribution in [2.75, 3.05) is 32.5 Å². The van der Waals surface area contributed by atoms with Gasteiger partial charge in [0.25, 0.3) is 0 Å². The minimum Gasteiger partial charge on any atom is -0.368 e. The van der Waals surface area contributed by atoms with Gasteiger partial charge in [0.15, 0.2) is 0 Å². The summed E-state index contributed by atoms with van der Waals surface area (Å²) in [6.07, 6.45) is 1.61. The second-order valence-electron chi connectivity index (χ2n) is 4.42. The highest BCUT2D eigenvalue weighted by Crippen LogP contribution is 2.22. The molecule has 1 heterocycles. The van der Waals surface area contributed by atoms with E-state index < -0.39 is 0 Å². The predicted molar refractivity (Wildman–Crippen MR) is 71.3 cm³/mol. The van der Waals surface area contributed by atoms with Crippen LogP contribution in [0.5, 0.6) is 0 Å². The van der Waals surface area contributed by atoms with Gasteiger partial charge >= 0.3 is 0 Å². The van der Waals surface area contributed by atoms with Crippen molar-refractivity contribution in [3.63, 3.8) is 0 Å². The van der Waals surface area contributed by atoms with Gasteiger partial charge < -0.3 is 10.2 Å². The molecule has 2 rings (SSSR count). The van der Waals surface area contributed by atoms with Crippen LogP contribution in [-0.4, -0.2) is 42.1 Å². The third-order valence-electron chi connectivity index (χ3n) is 2.72. The van der Waals surface area contributed by atoms with Crippen molar-refractivity contribution in [1.29, 1.82) is 0 Å². The average Bonchev–Trinajstić information content (AvgIpc) is 2.29. The first kappa shape index (κ1) is 11.8. The molecule has 2 aromatic rings. The van der Waals surface area contributed by atoms with Crippen LogP contribution in [0.4, 0.5) is 5.82 Å². The molecule has 0 aliphatic heterocycles. The Morgan fingerprint density at radius 3 is 2.82 bits per heavy atom. The molecule has 4 heteroatoms. The van der Waals surface area contributed by atoms with Crippen LogP contribution in [0.1, 0.15) is 5.56 Å². The van der Waals surface area contributed by atoms with E-state index in [4.69, 9.17) is 0 Å². The number of hydrogen-bond acceptors (Lipinski definition) is 4. The third-order valence-corrected chi connectivity index (χ3v) is 2.72. The zero-order valence-corrected chi connectivity index (χ0v) is 10.6. The van der Waals surface area contributed by atoms with E-state index in [-0.39, 0.29) is 0 Å². The Hall–Kier alpha value is -1.68. The van der Waals surface area contributed by atoms with Gasteiger partial charge in [0.1, 0.15) is 12.1 Å². The number of aromatic nitrogens is 2. The Morgan fingerprint density at radius 2 is 2.06 bits per heavy atom. The highest BCUT2D eigenvalue weighted by atomic mass is 15.1. The lowest BCUT2D eigenvalue weighted by molar-refractivity contribution is 0.425. The zero-order valence-electron chi connectivity index (χ0n) is 10.6. The van der Waals surface area contributed by atoms with Gasteiger partial charge in [0, 0.05) is 18.5 Å². The number of hydrogen-bond donors (Lipinski definition) is 1. The van der Waals surface area contributed by atoms with Crippen LogP contribution in [0.25, 0.3) is 10.9 Å². The molecule has 0 aliphatic rings. The summed E-state index contributed by atoms with van der Waals surface area (Å²) in [5, 5.41) is 4.49. The van der Waals surface area contributed by atoms with E-state index in [1.807, 2.05) is 12.1 Å². The molecule has 0 saturated carbocycles. The Morgan fingerprint density at radius 1 is 1.24 bits per heavy atom. The standard InChI is InChI=1S/C13H18N4/c1-10-5-4-6-11-12(10)13(16-9-15-11)14-7-8-17(2)3/h4-6,9H,7-8H2,1-3H3,(H,14,15,16). The van der Waals surface area contributed by atoms with Gasteiger partial charge in [0.2, 0.25) is 0 Å². The van der Waals surface area contributed by atoms with Crippen molar-refractivity contribution in [3.8, 4) is 0 Å². The molecule has 1 aromatic carbocycles. The molecule has 0 bridgehead atoms. The lowest BCUT2D eigenvalue weighted by atomic mass is 10.1. The minimum atomic E-state index is 0.882. The summed E-state index contributed by atoms with van der Waals surface area (Å²) in [5.74, 6) is 0.926. The van der Waals surface area contributed by atoms with Crippen molar-refractivity contribution in [1.82, 2.24) is 14.9 Å². The van der Waals surface area contributed by atoms with E-state index in [1.54, 1.807) is 6.33 Å². The highest BCUT2D eigenvalue weighted by Gasteiger charge is 2.05. The maximum atomic E-state index is 4.32. The first-order chi connectivity index (χ1) is 8.18. The minimum absolute atomic E-state index is 0.882. The summed E-state index contributed by atoms with van der Waals surface area (Å²) in [6.45, 7) is 3.95. The topological polar surface area (TPSA) is 41.1 Å². The fourth-order valence-electron chi connectivity index (χ4n) is 1.81. The molecule has 0 aliphatic carbocycles. The molecule has 1 N–H and O–H groups in total. The molecule has 0 unspecified atom stereocenters. The maximum Gasteiger partial charge on any atom is 0.137 e. The predicted octanol–water partition coefficient (Wildman–Crippen LogP) is 1.91. The monoisotopic (exact) mass is 230 g/mol. The highest BCUT2D eigenvalue weighted by molar-refractivity contribution is 5.91. The zero-order chi connectivity index (χ0) is 12.3. The Bertz CT molecular complexity index is 502. The lowest BCUT2D eigenvalue weighted by Gasteiger charge is -2.12. The average molecular weight is 230 g/mol. The van der Waals surface area contributed by atoms with Crippen molar-refractivity contribution >= 4 is 16.7 Å². The molecule has 0 saturated heterocycles. The van der Waals surface area contributed by atoms with Crippen LogP contribution >= 0.6 is 0 Å². The summed E-state index contributed by atoms with van der Waals surface area (Å²) >= 11 is 0. The molecule has 0 fully saturated rings. The molecular weight excluding hydrogens is 212 g/mol. The van der Waals surface area contributed by atoms with Gasteiger partial charge in [-0.15, -0.1) is 0 Å². The number of fused-ring (bicyclic) bond motifs is 1. The number of nitrogens with zero attached hydrogens (tertiary/aromatic N) is 3. The number of anilines is 1. The van der Waals surface area contributed by atoms with Crippen LogP contribution in [0.2, 0.25) is 0 Å². The van der Waals surface area contributed by atoms with E-state index in [0.717, 1.165) is 29.8 Å². The number of nitrogens with one attached hydrogen (secondary N) is 1. The van der Waals surface area contributed by atoms with E-state index in [0.29, 0.717) is 0 Å². The first-order valence-electron chi connectivity index (χ1n) is 5.77. The summed E-state index contributed by atoms with van der Waals surface area (Å²) in [7, 11) is 4.12. The quantitative estimate of drug-likeness (QED) is 0.871. The second kappa shape index (κ2) is 5.10. The molecule has 0 spiro atoms. The van der Waals surface area contributed by atoms with E-state index in [1.165, 1.54) is 5.56 Å². The molecule has 0 amide bonds. The van der Waals surface area contributed by atoms with Crippen molar-refractivity contribution < 1.29 is 0 Å². The van der Waals surface area contributed by atoms with Gasteiger partial charge in [-0.05, 0) is 32.6 Å². The first-order valence-corrected chi connectivity index (χ1v) is 5.77. The molecule has 0 atom stereocenters. The normalized spacial score (nSPS) is 11.1. The van der Waals surface area contributed by atoms with E-state index in [9.17, 15) is 0 Å². The fourth-order valence-corrected chi connectivity index (χ4v) is 1.81. The molecule has 1 aromatic heterocycles. The van der Waals surface area contributed by atoms with Crippen LogP contribution < -0.4 is 5.32 Å².